The normalized spacial score (nSPS) is 19.0. The molecule has 0 aromatic carbocycles. The van der Waals surface area contributed by atoms with Gasteiger partial charge in [-0.25, -0.2) is 0 Å². The van der Waals surface area contributed by atoms with E-state index in [1.54, 1.807) is 0 Å². The van der Waals surface area contributed by atoms with E-state index in [2.05, 4.69) is 15.3 Å². The Labute approximate surface area is 99.8 Å². The number of carbonyl (C=O) groups excluding carboxylic acids is 2. The van der Waals surface area contributed by atoms with Gasteiger partial charge in [0.1, 0.15) is 0 Å². The van der Waals surface area contributed by atoms with Gasteiger partial charge in [0.2, 0.25) is 11.8 Å². The summed E-state index contributed by atoms with van der Waals surface area (Å²) in [7, 11) is 0. The molecule has 0 bridgehead atoms. The molecule has 7 heteroatoms. The molecule has 94 valence electrons. The summed E-state index contributed by atoms with van der Waals surface area (Å²) in [4.78, 5) is 27.2. The van der Waals surface area contributed by atoms with Crippen LogP contribution >= 0.6 is 0 Å². The number of nitrogens with zero attached hydrogens (tertiary/aromatic N) is 4. The summed E-state index contributed by atoms with van der Waals surface area (Å²) in [6, 6.07) is 0. The number of amides is 2. The van der Waals surface area contributed by atoms with E-state index in [4.69, 9.17) is 5.53 Å². The monoisotopic (exact) mass is 239 g/mol. The second-order valence-corrected chi connectivity index (χ2v) is 4.11. The number of rotatable bonds is 6. The topological polar surface area (TPSA) is 98.2 Å². The molecule has 1 atom stereocenters. The molecule has 1 N–H and O–H groups in total. The molecule has 0 aliphatic carbocycles. The van der Waals surface area contributed by atoms with Crippen molar-refractivity contribution >= 4 is 11.8 Å². The van der Waals surface area contributed by atoms with Crippen LogP contribution in [0, 0.1) is 5.92 Å². The maximum atomic E-state index is 11.6. The lowest BCUT2D eigenvalue weighted by atomic mass is 10.1. The van der Waals surface area contributed by atoms with Gasteiger partial charge in [0, 0.05) is 31.0 Å². The first-order valence-electron chi connectivity index (χ1n) is 5.72. The molecule has 1 rings (SSSR count). The average Bonchev–Trinajstić information content (AvgIpc) is 2.65. The van der Waals surface area contributed by atoms with Crippen molar-refractivity contribution in [2.75, 3.05) is 26.2 Å². The van der Waals surface area contributed by atoms with E-state index in [9.17, 15) is 9.59 Å². The zero-order chi connectivity index (χ0) is 12.7. The Hall–Kier alpha value is -1.75. The van der Waals surface area contributed by atoms with E-state index in [-0.39, 0.29) is 24.3 Å². The molecular formula is C10H17N5O2. The highest BCUT2D eigenvalue weighted by molar-refractivity contribution is 5.86. The first kappa shape index (κ1) is 13.3. The van der Waals surface area contributed by atoms with Crippen molar-refractivity contribution in [3.63, 3.8) is 0 Å². The lowest BCUT2D eigenvalue weighted by molar-refractivity contribution is -0.133. The third-order valence-corrected chi connectivity index (χ3v) is 2.60. The number of likely N-dealkylation sites (tertiary alicyclic amines) is 1. The molecular weight excluding hydrogens is 222 g/mol. The minimum absolute atomic E-state index is 0.0392. The van der Waals surface area contributed by atoms with Gasteiger partial charge >= 0.3 is 0 Å². The van der Waals surface area contributed by atoms with Gasteiger partial charge in [-0.3, -0.25) is 9.59 Å². The van der Waals surface area contributed by atoms with Crippen molar-refractivity contribution in [3.05, 3.63) is 10.4 Å². The first-order valence-corrected chi connectivity index (χ1v) is 5.72. The maximum Gasteiger partial charge on any atom is 0.239 e. The summed E-state index contributed by atoms with van der Waals surface area (Å²) in [6.07, 6.45) is 1.24. The van der Waals surface area contributed by atoms with E-state index in [1.165, 1.54) is 4.90 Å². The van der Waals surface area contributed by atoms with Crippen LogP contribution in [0.5, 0.6) is 0 Å². The summed E-state index contributed by atoms with van der Waals surface area (Å²) in [5.74, 6) is -0.142. The van der Waals surface area contributed by atoms with E-state index >= 15 is 0 Å². The first-order chi connectivity index (χ1) is 8.17. The maximum absolute atomic E-state index is 11.6. The van der Waals surface area contributed by atoms with Crippen molar-refractivity contribution in [2.45, 2.75) is 19.8 Å². The van der Waals surface area contributed by atoms with Crippen LogP contribution in [-0.2, 0) is 9.59 Å². The fourth-order valence-corrected chi connectivity index (χ4v) is 1.77. The molecule has 1 unspecified atom stereocenters. The second kappa shape index (κ2) is 6.75. The highest BCUT2D eigenvalue weighted by atomic mass is 16.2. The Morgan fingerprint density at radius 1 is 1.71 bits per heavy atom. The molecule has 1 saturated heterocycles. The van der Waals surface area contributed by atoms with Crippen LogP contribution in [0.3, 0.4) is 0 Å². The third kappa shape index (κ3) is 4.32. The predicted molar refractivity (Wildman–Crippen MR) is 62.0 cm³/mol. The Balaban J connectivity index is 2.37. The fraction of sp³-hybridized carbons (Fsp3) is 0.800. The minimum Gasteiger partial charge on any atom is -0.355 e. The Morgan fingerprint density at radius 2 is 2.47 bits per heavy atom. The largest absolute Gasteiger partial charge is 0.355 e. The molecule has 1 aliphatic rings. The van der Waals surface area contributed by atoms with Crippen molar-refractivity contribution in [3.8, 4) is 0 Å². The van der Waals surface area contributed by atoms with Gasteiger partial charge in [-0.15, -0.1) is 0 Å². The van der Waals surface area contributed by atoms with Crippen LogP contribution < -0.4 is 5.32 Å². The molecule has 17 heavy (non-hydrogen) atoms. The molecule has 1 heterocycles. The molecule has 1 fully saturated rings. The van der Waals surface area contributed by atoms with E-state index < -0.39 is 0 Å². The van der Waals surface area contributed by atoms with E-state index in [1.807, 2.05) is 6.92 Å². The summed E-state index contributed by atoms with van der Waals surface area (Å²) >= 11 is 0. The molecule has 0 saturated carbocycles. The number of nitrogens with one attached hydrogen (secondary N) is 1. The lowest BCUT2D eigenvalue weighted by Crippen LogP contribution is -2.38. The van der Waals surface area contributed by atoms with Gasteiger partial charge in [0.25, 0.3) is 0 Å². The van der Waals surface area contributed by atoms with Crippen LogP contribution in [0.25, 0.3) is 10.4 Å². The number of carbonyl (C=O) groups is 2. The lowest BCUT2D eigenvalue weighted by Gasteiger charge is -2.15. The van der Waals surface area contributed by atoms with Crippen LogP contribution in [0.1, 0.15) is 19.8 Å². The highest BCUT2D eigenvalue weighted by Gasteiger charge is 2.29. The summed E-state index contributed by atoms with van der Waals surface area (Å²) < 4.78 is 0. The van der Waals surface area contributed by atoms with Crippen LogP contribution in [0.2, 0.25) is 0 Å². The SMILES string of the molecule is CCCNC(=O)CN1CC(CN=[N+]=[N-])CC1=O. The van der Waals surface area contributed by atoms with Crippen molar-refractivity contribution in [1.82, 2.24) is 10.2 Å². The zero-order valence-corrected chi connectivity index (χ0v) is 9.93. The van der Waals surface area contributed by atoms with Gasteiger partial charge < -0.3 is 10.2 Å². The van der Waals surface area contributed by atoms with E-state index in [0.717, 1.165) is 6.42 Å². The number of azide groups is 1. The van der Waals surface area contributed by atoms with Crippen molar-refractivity contribution in [2.24, 2.45) is 11.0 Å². The molecule has 2 amide bonds. The summed E-state index contributed by atoms with van der Waals surface area (Å²) in [5.41, 5.74) is 8.20. The van der Waals surface area contributed by atoms with E-state index in [0.29, 0.717) is 26.1 Å². The molecule has 1 aliphatic heterocycles. The smallest absolute Gasteiger partial charge is 0.239 e. The second-order valence-electron chi connectivity index (χ2n) is 4.11. The molecule has 0 aromatic heterocycles. The summed E-state index contributed by atoms with van der Waals surface area (Å²) in [6.45, 7) is 3.51. The van der Waals surface area contributed by atoms with Gasteiger partial charge in [-0.2, -0.15) is 0 Å². The van der Waals surface area contributed by atoms with Gasteiger partial charge in [-0.1, -0.05) is 12.0 Å². The van der Waals surface area contributed by atoms with Gasteiger partial charge in [0.15, 0.2) is 0 Å². The van der Waals surface area contributed by atoms with Crippen molar-refractivity contribution < 1.29 is 9.59 Å². The molecule has 0 radical (unpaired) electrons. The minimum atomic E-state index is -0.135. The molecule has 0 aromatic rings. The van der Waals surface area contributed by atoms with Crippen LogP contribution in [0.4, 0.5) is 0 Å². The third-order valence-electron chi connectivity index (χ3n) is 2.60. The zero-order valence-electron chi connectivity index (χ0n) is 9.93. The van der Waals surface area contributed by atoms with Crippen molar-refractivity contribution in [1.29, 1.82) is 0 Å². The van der Waals surface area contributed by atoms with Gasteiger partial charge in [0.05, 0.1) is 6.54 Å². The highest BCUT2D eigenvalue weighted by Crippen LogP contribution is 2.17. The summed E-state index contributed by atoms with van der Waals surface area (Å²) in [5, 5.41) is 6.18. The average molecular weight is 239 g/mol. The Morgan fingerprint density at radius 3 is 3.12 bits per heavy atom. The molecule has 7 nitrogen and oxygen atoms in total. The number of hydrogen-bond donors (Lipinski definition) is 1. The van der Waals surface area contributed by atoms with Gasteiger partial charge in [-0.05, 0) is 17.9 Å². The standard InChI is InChI=1S/C10H17N5O2/c1-2-3-12-9(16)7-15-6-8(4-10(15)17)5-13-14-11/h8H,2-7H2,1H3,(H,12,16). The van der Waals surface area contributed by atoms with Crippen LogP contribution in [0.15, 0.2) is 5.11 Å². The Bertz CT molecular complexity index is 338. The predicted octanol–water partition coefficient (Wildman–Crippen LogP) is 0.671. The fourth-order valence-electron chi connectivity index (χ4n) is 1.77. The molecule has 0 spiro atoms. The quantitative estimate of drug-likeness (QED) is 0.418. The Kier molecular flexibility index (Phi) is 5.29. The van der Waals surface area contributed by atoms with Crippen LogP contribution in [-0.4, -0.2) is 42.9 Å². The number of hydrogen-bond acceptors (Lipinski definition) is 3.